The van der Waals surface area contributed by atoms with Crippen LogP contribution in [-0.2, 0) is 18.9 Å². The van der Waals surface area contributed by atoms with E-state index in [1.54, 1.807) is 0 Å². The first-order valence-corrected chi connectivity index (χ1v) is 10.2. The lowest BCUT2D eigenvalue weighted by atomic mass is 9.98. The molecule has 0 aromatic carbocycles. The van der Waals surface area contributed by atoms with E-state index < -0.39 is 5.79 Å². The second kappa shape index (κ2) is 13.1. The van der Waals surface area contributed by atoms with Gasteiger partial charge in [-0.3, -0.25) is 0 Å². The van der Waals surface area contributed by atoms with Crippen LogP contribution < -0.4 is 0 Å². The number of epoxide rings is 1. The molecule has 0 saturated carbocycles. The Bertz CT molecular complexity index is 274. The fourth-order valence-electron chi connectivity index (χ4n) is 3.29. The summed E-state index contributed by atoms with van der Waals surface area (Å²) < 4.78 is 23.6. The van der Waals surface area contributed by atoms with Gasteiger partial charge in [0.25, 0.3) is 0 Å². The van der Waals surface area contributed by atoms with E-state index in [0.29, 0.717) is 25.9 Å². The Hall–Kier alpha value is -0.160. The van der Waals surface area contributed by atoms with E-state index >= 15 is 0 Å². The maximum atomic E-state index is 6.18. The van der Waals surface area contributed by atoms with Gasteiger partial charge in [0.05, 0.1) is 19.3 Å². The molecule has 2 atom stereocenters. The lowest BCUT2D eigenvalue weighted by Crippen LogP contribution is -2.40. The average Bonchev–Trinajstić information content (AvgIpc) is 3.37. The van der Waals surface area contributed by atoms with Gasteiger partial charge in [-0.25, -0.2) is 0 Å². The van der Waals surface area contributed by atoms with Crippen LogP contribution in [0.5, 0.6) is 0 Å². The van der Waals surface area contributed by atoms with Crippen molar-refractivity contribution in [2.45, 2.75) is 103 Å². The van der Waals surface area contributed by atoms with Crippen LogP contribution in [0, 0.1) is 0 Å². The molecule has 1 aliphatic rings. The Morgan fingerprint density at radius 3 is 2.17 bits per heavy atom. The van der Waals surface area contributed by atoms with Crippen molar-refractivity contribution < 1.29 is 18.9 Å². The fourth-order valence-corrected chi connectivity index (χ4v) is 3.29. The van der Waals surface area contributed by atoms with Crippen molar-refractivity contribution in [1.29, 1.82) is 0 Å². The molecule has 0 spiro atoms. The van der Waals surface area contributed by atoms with Crippen LogP contribution in [0.1, 0.15) is 85.5 Å². The lowest BCUT2D eigenvalue weighted by Gasteiger charge is -2.36. The summed E-state index contributed by atoms with van der Waals surface area (Å²) in [6.07, 6.45) is 10.8. The summed E-state index contributed by atoms with van der Waals surface area (Å²) in [5, 5.41) is 0. The third-order valence-corrected chi connectivity index (χ3v) is 4.53. The summed E-state index contributed by atoms with van der Waals surface area (Å²) >= 11 is 0. The number of hydrogen-bond donors (Lipinski definition) is 0. The molecule has 0 aromatic heterocycles. The summed E-state index contributed by atoms with van der Waals surface area (Å²) in [5.41, 5.74) is 0. The third-order valence-electron chi connectivity index (χ3n) is 4.53. The Balaban J connectivity index is 2.55. The van der Waals surface area contributed by atoms with Gasteiger partial charge in [-0.2, -0.15) is 0 Å². The van der Waals surface area contributed by atoms with Gasteiger partial charge >= 0.3 is 0 Å². The van der Waals surface area contributed by atoms with Gasteiger partial charge in [-0.05, 0) is 20.3 Å². The summed E-state index contributed by atoms with van der Waals surface area (Å²) in [6.45, 7) is 11.4. The molecule has 24 heavy (non-hydrogen) atoms. The van der Waals surface area contributed by atoms with E-state index in [0.717, 1.165) is 32.3 Å². The van der Waals surface area contributed by atoms with E-state index in [9.17, 15) is 0 Å². The molecule has 1 rings (SSSR count). The topological polar surface area (TPSA) is 40.2 Å². The smallest absolute Gasteiger partial charge is 0.170 e. The predicted octanol–water partition coefficient (Wildman–Crippen LogP) is 5.09. The first-order valence-electron chi connectivity index (χ1n) is 10.2. The van der Waals surface area contributed by atoms with E-state index in [-0.39, 0.29) is 6.10 Å². The Kier molecular flexibility index (Phi) is 11.9. The van der Waals surface area contributed by atoms with Gasteiger partial charge in [0.2, 0.25) is 0 Å². The van der Waals surface area contributed by atoms with Gasteiger partial charge in [0.15, 0.2) is 5.79 Å². The minimum atomic E-state index is -0.489. The van der Waals surface area contributed by atoms with Crippen molar-refractivity contribution in [3.63, 3.8) is 0 Å². The van der Waals surface area contributed by atoms with Crippen molar-refractivity contribution in [1.82, 2.24) is 0 Å². The summed E-state index contributed by atoms with van der Waals surface area (Å²) in [7, 11) is 0. The second-order valence-corrected chi connectivity index (χ2v) is 6.84. The molecular weight excluding hydrogens is 304 g/mol. The molecule has 144 valence electrons. The fraction of sp³-hybridized carbons (Fsp3) is 1.00. The highest BCUT2D eigenvalue weighted by Gasteiger charge is 2.35. The minimum absolute atomic E-state index is 0.195. The zero-order chi connectivity index (χ0) is 17.7. The largest absolute Gasteiger partial charge is 0.375 e. The van der Waals surface area contributed by atoms with Crippen molar-refractivity contribution in [3.05, 3.63) is 0 Å². The Morgan fingerprint density at radius 2 is 1.62 bits per heavy atom. The number of hydrogen-bond acceptors (Lipinski definition) is 4. The standard InChI is InChI=1S/C20H40O4/c1-5-9-10-11-12-13-18(21-16-19-17-22-19)15-20(14-6-2,23-7-3)24-8-4/h18-19H,5-17H2,1-4H3. The maximum absolute atomic E-state index is 6.18. The minimum Gasteiger partial charge on any atom is -0.375 e. The molecule has 1 aliphatic heterocycles. The highest BCUT2D eigenvalue weighted by atomic mass is 16.7. The molecule has 1 saturated heterocycles. The third kappa shape index (κ3) is 9.36. The molecule has 0 N–H and O–H groups in total. The van der Waals surface area contributed by atoms with Crippen LogP contribution in [0.4, 0.5) is 0 Å². The van der Waals surface area contributed by atoms with Crippen LogP contribution in [0.25, 0.3) is 0 Å². The quantitative estimate of drug-likeness (QED) is 0.209. The predicted molar refractivity (Wildman–Crippen MR) is 98.4 cm³/mol. The van der Waals surface area contributed by atoms with Gasteiger partial charge in [-0.1, -0.05) is 52.4 Å². The second-order valence-electron chi connectivity index (χ2n) is 6.84. The number of unbranched alkanes of at least 4 members (excludes halogenated alkanes) is 4. The summed E-state index contributed by atoms with van der Waals surface area (Å²) in [4.78, 5) is 0. The van der Waals surface area contributed by atoms with Gasteiger partial charge in [0, 0.05) is 26.1 Å². The maximum Gasteiger partial charge on any atom is 0.170 e. The lowest BCUT2D eigenvalue weighted by molar-refractivity contribution is -0.253. The summed E-state index contributed by atoms with van der Waals surface area (Å²) in [6, 6.07) is 0. The van der Waals surface area contributed by atoms with Crippen LogP contribution in [0.3, 0.4) is 0 Å². The highest BCUT2D eigenvalue weighted by Crippen LogP contribution is 2.30. The molecule has 0 radical (unpaired) electrons. The van der Waals surface area contributed by atoms with Crippen molar-refractivity contribution in [2.24, 2.45) is 0 Å². The SMILES string of the molecule is CCCCCCCC(CC(CCC)(OCC)OCC)OCC1CO1. The van der Waals surface area contributed by atoms with Crippen molar-refractivity contribution in [3.8, 4) is 0 Å². The van der Waals surface area contributed by atoms with Crippen LogP contribution in [0.2, 0.25) is 0 Å². The molecule has 1 heterocycles. The number of ether oxygens (including phenoxy) is 4. The van der Waals surface area contributed by atoms with Gasteiger partial charge < -0.3 is 18.9 Å². The first-order chi connectivity index (χ1) is 11.7. The first kappa shape index (κ1) is 21.9. The zero-order valence-corrected chi connectivity index (χ0v) is 16.5. The molecule has 4 nitrogen and oxygen atoms in total. The monoisotopic (exact) mass is 344 g/mol. The van der Waals surface area contributed by atoms with E-state index in [2.05, 4.69) is 13.8 Å². The number of rotatable bonds is 17. The zero-order valence-electron chi connectivity index (χ0n) is 16.5. The van der Waals surface area contributed by atoms with E-state index in [1.165, 1.54) is 32.1 Å². The normalized spacial score (nSPS) is 18.8. The Morgan fingerprint density at radius 1 is 0.958 bits per heavy atom. The van der Waals surface area contributed by atoms with Crippen molar-refractivity contribution in [2.75, 3.05) is 26.4 Å². The summed E-state index contributed by atoms with van der Waals surface area (Å²) in [5.74, 6) is -0.489. The molecule has 4 heteroatoms. The highest BCUT2D eigenvalue weighted by molar-refractivity contribution is 4.77. The average molecular weight is 345 g/mol. The van der Waals surface area contributed by atoms with Crippen LogP contribution in [0.15, 0.2) is 0 Å². The van der Waals surface area contributed by atoms with Crippen molar-refractivity contribution >= 4 is 0 Å². The van der Waals surface area contributed by atoms with Crippen LogP contribution in [-0.4, -0.2) is 44.4 Å². The van der Waals surface area contributed by atoms with E-state index in [4.69, 9.17) is 18.9 Å². The van der Waals surface area contributed by atoms with Gasteiger partial charge in [0.1, 0.15) is 6.10 Å². The molecule has 0 aromatic rings. The van der Waals surface area contributed by atoms with Gasteiger partial charge in [-0.15, -0.1) is 0 Å². The molecule has 0 amide bonds. The molecule has 0 aliphatic carbocycles. The molecule has 2 unspecified atom stereocenters. The van der Waals surface area contributed by atoms with Crippen LogP contribution >= 0.6 is 0 Å². The van der Waals surface area contributed by atoms with E-state index in [1.807, 2.05) is 13.8 Å². The molecule has 1 fully saturated rings. The Labute approximate surface area is 149 Å². The molecule has 0 bridgehead atoms. The molecular formula is C20H40O4.